The lowest BCUT2D eigenvalue weighted by molar-refractivity contribution is -0.122. The molecule has 4 heterocycles. The number of hydrogen-bond acceptors (Lipinski definition) is 7. The molecule has 1 N–H and O–H groups in total. The first kappa shape index (κ1) is 18.5. The third-order valence-electron chi connectivity index (χ3n) is 6.52. The van der Waals surface area contributed by atoms with Gasteiger partial charge in [0.25, 0.3) is 0 Å². The van der Waals surface area contributed by atoms with E-state index in [2.05, 4.69) is 25.7 Å². The second-order valence-electron chi connectivity index (χ2n) is 8.68. The van der Waals surface area contributed by atoms with Crippen molar-refractivity contribution >= 4 is 11.9 Å². The zero-order chi connectivity index (χ0) is 20.0. The van der Waals surface area contributed by atoms with Crippen LogP contribution in [-0.2, 0) is 9.53 Å². The van der Waals surface area contributed by atoms with Crippen molar-refractivity contribution < 1.29 is 9.53 Å². The average Bonchev–Trinajstić information content (AvgIpc) is 3.45. The zero-order valence-electron chi connectivity index (χ0n) is 16.9. The lowest BCUT2D eigenvalue weighted by atomic mass is 9.73. The molecule has 5 rings (SSSR count). The van der Waals surface area contributed by atoms with Crippen LogP contribution in [0.3, 0.4) is 0 Å². The molecular formula is C20H27N7O2. The van der Waals surface area contributed by atoms with Gasteiger partial charge in [0.2, 0.25) is 11.9 Å². The first-order valence-electron chi connectivity index (χ1n) is 10.2. The van der Waals surface area contributed by atoms with E-state index >= 15 is 0 Å². The Kier molecular flexibility index (Phi) is 4.51. The normalized spacial score (nSPS) is 30.2. The van der Waals surface area contributed by atoms with Gasteiger partial charge in [-0.3, -0.25) is 4.79 Å². The van der Waals surface area contributed by atoms with E-state index in [0.29, 0.717) is 24.9 Å². The SMILES string of the molecule is CN(C)CC(=O)NC[C@H]1[C@H]2CN(c3nnnn3-c3ccccc3)C[C@]23CC[C@H]1O3. The smallest absolute Gasteiger partial charge is 0.250 e. The maximum absolute atomic E-state index is 12.1. The van der Waals surface area contributed by atoms with E-state index in [1.54, 1.807) is 4.68 Å². The summed E-state index contributed by atoms with van der Waals surface area (Å²) >= 11 is 0. The number of nitrogens with one attached hydrogen (secondary N) is 1. The highest BCUT2D eigenvalue weighted by atomic mass is 16.5. The van der Waals surface area contributed by atoms with E-state index in [-0.39, 0.29) is 17.6 Å². The minimum absolute atomic E-state index is 0.0645. The molecule has 0 aliphatic carbocycles. The van der Waals surface area contributed by atoms with Gasteiger partial charge in [0.15, 0.2) is 0 Å². The molecule has 3 fully saturated rings. The molecule has 0 saturated carbocycles. The van der Waals surface area contributed by atoms with Crippen LogP contribution in [0, 0.1) is 11.8 Å². The summed E-state index contributed by atoms with van der Waals surface area (Å²) in [5.74, 6) is 1.53. The molecule has 9 heteroatoms. The van der Waals surface area contributed by atoms with Crippen LogP contribution < -0.4 is 10.2 Å². The van der Waals surface area contributed by atoms with Crippen LogP contribution in [0.2, 0.25) is 0 Å². The molecule has 2 bridgehead atoms. The van der Waals surface area contributed by atoms with Gasteiger partial charge in [-0.2, -0.15) is 4.68 Å². The molecule has 1 aromatic heterocycles. The van der Waals surface area contributed by atoms with E-state index < -0.39 is 0 Å². The molecule has 3 aliphatic rings. The van der Waals surface area contributed by atoms with Gasteiger partial charge in [-0.15, -0.1) is 0 Å². The number of ether oxygens (including phenoxy) is 1. The van der Waals surface area contributed by atoms with Crippen molar-refractivity contribution in [3.63, 3.8) is 0 Å². The van der Waals surface area contributed by atoms with E-state index in [0.717, 1.165) is 37.6 Å². The summed E-state index contributed by atoms with van der Waals surface area (Å²) in [7, 11) is 3.81. The van der Waals surface area contributed by atoms with Crippen LogP contribution in [0.4, 0.5) is 5.95 Å². The van der Waals surface area contributed by atoms with Crippen LogP contribution in [0.25, 0.3) is 5.69 Å². The molecule has 1 spiro atoms. The Balaban J connectivity index is 1.33. The fraction of sp³-hybridized carbons (Fsp3) is 0.600. The predicted octanol–water partition coefficient (Wildman–Crippen LogP) is 0.324. The summed E-state index contributed by atoms with van der Waals surface area (Å²) in [6.07, 6.45) is 2.36. The van der Waals surface area contributed by atoms with E-state index in [1.807, 2.05) is 49.3 Å². The molecule has 9 nitrogen and oxygen atoms in total. The first-order valence-corrected chi connectivity index (χ1v) is 10.2. The molecule has 3 aliphatic heterocycles. The van der Waals surface area contributed by atoms with Gasteiger partial charge in [-0.05, 0) is 49.5 Å². The van der Waals surface area contributed by atoms with E-state index in [1.165, 1.54) is 0 Å². The number of aromatic nitrogens is 4. The molecule has 1 amide bonds. The molecular weight excluding hydrogens is 370 g/mol. The van der Waals surface area contributed by atoms with Crippen molar-refractivity contribution in [1.29, 1.82) is 0 Å². The summed E-state index contributed by atoms with van der Waals surface area (Å²) < 4.78 is 8.29. The van der Waals surface area contributed by atoms with Gasteiger partial charge in [0, 0.05) is 24.9 Å². The van der Waals surface area contributed by atoms with Gasteiger partial charge in [-0.1, -0.05) is 23.3 Å². The Morgan fingerprint density at radius 1 is 1.34 bits per heavy atom. The second-order valence-corrected chi connectivity index (χ2v) is 8.68. The quantitative estimate of drug-likeness (QED) is 0.751. The Hall–Kier alpha value is -2.52. The van der Waals surface area contributed by atoms with Crippen LogP contribution in [0.5, 0.6) is 0 Å². The summed E-state index contributed by atoms with van der Waals surface area (Å²) in [4.78, 5) is 16.3. The third-order valence-corrected chi connectivity index (χ3v) is 6.52. The van der Waals surface area contributed by atoms with Crippen LogP contribution in [-0.4, -0.2) is 83.0 Å². The number of likely N-dealkylation sites (N-methyl/N-ethyl adjacent to an activating group) is 1. The monoisotopic (exact) mass is 397 g/mol. The van der Waals surface area contributed by atoms with Crippen molar-refractivity contribution in [1.82, 2.24) is 30.4 Å². The second kappa shape index (κ2) is 7.07. The minimum atomic E-state index is -0.144. The highest BCUT2D eigenvalue weighted by Crippen LogP contribution is 2.55. The standard InChI is InChI=1S/C20H27N7O2/c1-25(2)12-18(28)21-10-15-16-11-26(13-20(16)9-8-17(15)29-20)19-22-23-24-27(19)14-6-4-3-5-7-14/h3-7,15-17H,8-13H2,1-2H3,(H,21,28)/t15-,16+,17+,20+/m0/s1. The highest BCUT2D eigenvalue weighted by molar-refractivity contribution is 5.77. The Labute approximate surface area is 170 Å². The molecule has 4 atom stereocenters. The molecule has 2 aromatic rings. The van der Waals surface area contributed by atoms with Crippen molar-refractivity contribution in [3.05, 3.63) is 30.3 Å². The predicted molar refractivity (Wildman–Crippen MR) is 107 cm³/mol. The molecule has 0 unspecified atom stereocenters. The number of hydrogen-bond donors (Lipinski definition) is 1. The number of carbonyl (C=O) groups excluding carboxylic acids is 1. The lowest BCUT2D eigenvalue weighted by Crippen LogP contribution is -2.43. The topological polar surface area (TPSA) is 88.4 Å². The first-order chi connectivity index (χ1) is 14.1. The molecule has 1 aromatic carbocycles. The molecule has 154 valence electrons. The lowest BCUT2D eigenvalue weighted by Gasteiger charge is -2.29. The van der Waals surface area contributed by atoms with Crippen molar-refractivity contribution in [2.24, 2.45) is 11.8 Å². The van der Waals surface area contributed by atoms with Crippen LogP contribution in [0.1, 0.15) is 12.8 Å². The molecule has 3 saturated heterocycles. The summed E-state index contributed by atoms with van der Waals surface area (Å²) in [6.45, 7) is 2.72. The Bertz CT molecular complexity index is 886. The number of tetrazole rings is 1. The summed E-state index contributed by atoms with van der Waals surface area (Å²) in [6, 6.07) is 9.94. The maximum Gasteiger partial charge on any atom is 0.250 e. The number of fused-ring (bicyclic) bond motifs is 1. The fourth-order valence-corrected chi connectivity index (χ4v) is 5.31. The van der Waals surface area contributed by atoms with Gasteiger partial charge in [0.05, 0.1) is 30.5 Å². The van der Waals surface area contributed by atoms with Gasteiger partial charge in [-0.25, -0.2) is 0 Å². The van der Waals surface area contributed by atoms with Crippen LogP contribution >= 0.6 is 0 Å². The number of rotatable bonds is 6. The van der Waals surface area contributed by atoms with E-state index in [4.69, 9.17) is 4.74 Å². The number of carbonyl (C=O) groups is 1. The zero-order valence-corrected chi connectivity index (χ0v) is 16.9. The minimum Gasteiger partial charge on any atom is -0.369 e. The highest BCUT2D eigenvalue weighted by Gasteiger charge is 2.63. The number of para-hydroxylation sites is 1. The van der Waals surface area contributed by atoms with Crippen LogP contribution in [0.15, 0.2) is 30.3 Å². The Morgan fingerprint density at radius 2 is 2.17 bits per heavy atom. The summed E-state index contributed by atoms with van der Waals surface area (Å²) in [5.41, 5.74) is 0.800. The number of benzene rings is 1. The van der Waals surface area contributed by atoms with E-state index in [9.17, 15) is 4.79 Å². The molecule has 0 radical (unpaired) electrons. The molecule has 29 heavy (non-hydrogen) atoms. The van der Waals surface area contributed by atoms with Gasteiger partial charge < -0.3 is 19.9 Å². The van der Waals surface area contributed by atoms with Crippen molar-refractivity contribution in [2.45, 2.75) is 24.5 Å². The Morgan fingerprint density at radius 3 is 2.97 bits per heavy atom. The number of anilines is 1. The average molecular weight is 397 g/mol. The van der Waals surface area contributed by atoms with Crippen molar-refractivity contribution in [2.75, 3.05) is 45.2 Å². The van der Waals surface area contributed by atoms with Crippen molar-refractivity contribution in [3.8, 4) is 5.69 Å². The summed E-state index contributed by atoms with van der Waals surface area (Å²) in [5, 5.41) is 15.5. The van der Waals surface area contributed by atoms with Gasteiger partial charge in [0.1, 0.15) is 0 Å². The fourth-order valence-electron chi connectivity index (χ4n) is 5.31. The number of nitrogens with zero attached hydrogens (tertiary/aromatic N) is 6. The maximum atomic E-state index is 12.1. The third kappa shape index (κ3) is 3.18. The largest absolute Gasteiger partial charge is 0.369 e. The number of amides is 1. The van der Waals surface area contributed by atoms with Gasteiger partial charge >= 0.3 is 0 Å².